The highest BCUT2D eigenvalue weighted by Crippen LogP contribution is 2.26. The summed E-state index contributed by atoms with van der Waals surface area (Å²) in [6, 6.07) is 10.1. The van der Waals surface area contributed by atoms with Crippen molar-refractivity contribution in [2.45, 2.75) is 52.2 Å². The minimum absolute atomic E-state index is 0.0476. The first-order valence-corrected chi connectivity index (χ1v) is 11.6. The van der Waals surface area contributed by atoms with Gasteiger partial charge in [-0.15, -0.1) is 0 Å². The monoisotopic (exact) mass is 456 g/mol. The molecule has 34 heavy (non-hydrogen) atoms. The number of aryl methyl sites for hydroxylation is 2. The summed E-state index contributed by atoms with van der Waals surface area (Å²) in [5.41, 5.74) is 4.61. The molecule has 3 N–H and O–H groups in total. The maximum Gasteiger partial charge on any atom is 0.257 e. The third kappa shape index (κ3) is 4.83. The molecule has 5 rings (SSSR count). The number of rotatable bonds is 8. The van der Waals surface area contributed by atoms with Crippen LogP contribution in [0.15, 0.2) is 48.9 Å². The second kappa shape index (κ2) is 9.09. The van der Waals surface area contributed by atoms with Crippen molar-refractivity contribution in [2.75, 3.05) is 16.0 Å². The molecular weight excluding hydrogens is 428 g/mol. The number of fused-ring (bicyclic) bond motifs is 1. The van der Waals surface area contributed by atoms with E-state index in [0.717, 1.165) is 34.7 Å². The average Bonchev–Trinajstić information content (AvgIpc) is 3.56. The summed E-state index contributed by atoms with van der Waals surface area (Å²) >= 11 is 0. The molecule has 0 aliphatic heterocycles. The zero-order chi connectivity index (χ0) is 23.7. The van der Waals surface area contributed by atoms with Gasteiger partial charge in [0.05, 0.1) is 24.0 Å². The Bertz CT molecular complexity index is 1340. The Kier molecular flexibility index (Phi) is 5.83. The van der Waals surface area contributed by atoms with E-state index in [1.54, 1.807) is 12.4 Å². The number of amides is 1. The number of hydrogen-bond donors (Lipinski definition) is 3. The maximum atomic E-state index is 12.8. The van der Waals surface area contributed by atoms with Crippen molar-refractivity contribution in [3.05, 3.63) is 65.6 Å². The number of nitrogens with zero attached hydrogens (tertiary/aromatic N) is 5. The summed E-state index contributed by atoms with van der Waals surface area (Å²) in [5.74, 6) is 1.31. The smallest absolute Gasteiger partial charge is 0.257 e. The van der Waals surface area contributed by atoms with Crippen LogP contribution < -0.4 is 16.0 Å². The molecule has 1 fully saturated rings. The largest absolute Gasteiger partial charge is 0.367 e. The average molecular weight is 457 g/mol. The number of nitrogens with one attached hydrogen (secondary N) is 3. The second-order valence-electron chi connectivity index (χ2n) is 8.70. The van der Waals surface area contributed by atoms with Crippen LogP contribution in [-0.2, 0) is 6.54 Å². The van der Waals surface area contributed by atoms with Crippen molar-refractivity contribution in [2.24, 2.45) is 0 Å². The van der Waals surface area contributed by atoms with Crippen LogP contribution in [0.4, 0.5) is 17.3 Å². The van der Waals surface area contributed by atoms with Gasteiger partial charge in [-0.2, -0.15) is 5.10 Å². The number of carbonyl (C=O) groups is 1. The third-order valence-corrected chi connectivity index (χ3v) is 5.87. The molecule has 4 aromatic rings. The highest BCUT2D eigenvalue weighted by atomic mass is 16.1. The second-order valence-corrected chi connectivity index (χ2v) is 8.70. The molecule has 0 saturated heterocycles. The van der Waals surface area contributed by atoms with Crippen LogP contribution in [0.2, 0.25) is 0 Å². The number of carbonyl (C=O) groups excluding carboxylic acids is 1. The van der Waals surface area contributed by atoms with Crippen molar-refractivity contribution in [1.29, 1.82) is 0 Å². The normalized spacial score (nSPS) is 14.1. The lowest BCUT2D eigenvalue weighted by atomic mass is 10.1. The minimum atomic E-state index is -0.186. The number of hydrogen-bond acceptors (Lipinski definition) is 7. The quantitative estimate of drug-likeness (QED) is 0.357. The highest BCUT2D eigenvalue weighted by molar-refractivity contribution is 6.04. The van der Waals surface area contributed by atoms with Gasteiger partial charge in [-0.1, -0.05) is 12.1 Å². The van der Waals surface area contributed by atoms with Crippen LogP contribution >= 0.6 is 0 Å². The van der Waals surface area contributed by atoms with Crippen LogP contribution in [0.1, 0.15) is 54.2 Å². The van der Waals surface area contributed by atoms with Gasteiger partial charge in [-0.3, -0.25) is 9.48 Å². The molecule has 9 nitrogen and oxygen atoms in total. The predicted octanol–water partition coefficient (Wildman–Crippen LogP) is 4.55. The Labute approximate surface area is 198 Å². The Balaban J connectivity index is 1.26. The molecule has 0 radical (unpaired) electrons. The molecule has 3 aromatic heterocycles. The van der Waals surface area contributed by atoms with E-state index >= 15 is 0 Å². The van der Waals surface area contributed by atoms with E-state index < -0.39 is 0 Å². The van der Waals surface area contributed by atoms with E-state index in [2.05, 4.69) is 36.0 Å². The summed E-state index contributed by atoms with van der Waals surface area (Å²) in [6.45, 7) is 6.80. The standard InChI is InChI=1S/C25H28N8O/c1-4-33-14-21-24(32-33)31-22(13-26-21)28-16(3)17-6-5-7-20(11-17)30-25(34)18-10-15(2)23(27-12-18)29-19-8-9-19/h5-7,10-14,16,19H,4,8-9H2,1-3H3,(H,27,29)(H,30,34)(H,28,31,32)/t16-/m0/s1. The van der Waals surface area contributed by atoms with Crippen molar-refractivity contribution < 1.29 is 4.79 Å². The van der Waals surface area contributed by atoms with Crippen molar-refractivity contribution in [1.82, 2.24) is 24.7 Å². The van der Waals surface area contributed by atoms with Crippen LogP contribution in [0.5, 0.6) is 0 Å². The first kappa shape index (κ1) is 21.8. The van der Waals surface area contributed by atoms with Crippen LogP contribution in [-0.4, -0.2) is 36.7 Å². The lowest BCUT2D eigenvalue weighted by Crippen LogP contribution is -2.14. The van der Waals surface area contributed by atoms with Gasteiger partial charge in [0, 0.05) is 24.5 Å². The molecule has 1 aromatic carbocycles. The Morgan fingerprint density at radius 1 is 1.21 bits per heavy atom. The fourth-order valence-electron chi connectivity index (χ4n) is 3.74. The summed E-state index contributed by atoms with van der Waals surface area (Å²) in [5, 5.41) is 14.2. The fraction of sp³-hybridized carbons (Fsp3) is 0.320. The van der Waals surface area contributed by atoms with Gasteiger partial charge in [0.25, 0.3) is 5.91 Å². The lowest BCUT2D eigenvalue weighted by Gasteiger charge is -2.16. The summed E-state index contributed by atoms with van der Waals surface area (Å²) in [7, 11) is 0. The molecule has 174 valence electrons. The molecule has 1 amide bonds. The molecule has 1 aliphatic rings. The van der Waals surface area contributed by atoms with E-state index in [1.807, 2.05) is 62.0 Å². The van der Waals surface area contributed by atoms with Gasteiger partial charge in [0.15, 0.2) is 0 Å². The van der Waals surface area contributed by atoms with E-state index in [4.69, 9.17) is 0 Å². The van der Waals surface area contributed by atoms with Crippen molar-refractivity contribution >= 4 is 34.4 Å². The molecule has 0 bridgehead atoms. The van der Waals surface area contributed by atoms with E-state index in [0.29, 0.717) is 23.1 Å². The van der Waals surface area contributed by atoms with E-state index in [9.17, 15) is 4.79 Å². The summed E-state index contributed by atoms with van der Waals surface area (Å²) < 4.78 is 1.82. The zero-order valence-corrected chi connectivity index (χ0v) is 19.5. The van der Waals surface area contributed by atoms with Crippen LogP contribution in [0, 0.1) is 6.92 Å². The molecule has 0 spiro atoms. The molecule has 1 atom stereocenters. The number of aromatic nitrogens is 5. The molecular formula is C25H28N8O. The first-order valence-electron chi connectivity index (χ1n) is 11.6. The third-order valence-electron chi connectivity index (χ3n) is 5.87. The maximum absolute atomic E-state index is 12.8. The number of benzene rings is 1. The van der Waals surface area contributed by atoms with Gasteiger partial charge in [-0.25, -0.2) is 15.0 Å². The van der Waals surface area contributed by atoms with Crippen molar-refractivity contribution in [3.8, 4) is 0 Å². The van der Waals surface area contributed by atoms with Crippen molar-refractivity contribution in [3.63, 3.8) is 0 Å². The van der Waals surface area contributed by atoms with Gasteiger partial charge < -0.3 is 16.0 Å². The Morgan fingerprint density at radius 3 is 2.82 bits per heavy atom. The Hall–Kier alpha value is -4.01. The summed E-state index contributed by atoms with van der Waals surface area (Å²) in [4.78, 5) is 26.3. The van der Waals surface area contributed by atoms with Gasteiger partial charge in [0.2, 0.25) is 5.65 Å². The zero-order valence-electron chi connectivity index (χ0n) is 19.5. The van der Waals surface area contributed by atoms with E-state index in [-0.39, 0.29) is 11.9 Å². The van der Waals surface area contributed by atoms with Gasteiger partial charge >= 0.3 is 0 Å². The molecule has 3 heterocycles. The molecule has 1 saturated carbocycles. The van der Waals surface area contributed by atoms with Crippen LogP contribution in [0.3, 0.4) is 0 Å². The molecule has 0 unspecified atom stereocenters. The SMILES string of the molecule is CCn1cc2ncc(N[C@@H](C)c3cccc(NC(=O)c4cnc(NC5CC5)c(C)c4)c3)nc2n1. The molecule has 9 heteroatoms. The van der Waals surface area contributed by atoms with Gasteiger partial charge in [-0.05, 0) is 62.9 Å². The Morgan fingerprint density at radius 2 is 2.06 bits per heavy atom. The first-order chi connectivity index (χ1) is 16.5. The van der Waals surface area contributed by atoms with E-state index in [1.165, 1.54) is 12.8 Å². The molecule has 1 aliphatic carbocycles. The minimum Gasteiger partial charge on any atom is -0.367 e. The van der Waals surface area contributed by atoms with Gasteiger partial charge in [0.1, 0.15) is 17.2 Å². The predicted molar refractivity (Wildman–Crippen MR) is 133 cm³/mol. The summed E-state index contributed by atoms with van der Waals surface area (Å²) in [6.07, 6.45) is 7.57. The topological polar surface area (TPSA) is 110 Å². The fourth-order valence-corrected chi connectivity index (χ4v) is 3.74. The number of anilines is 3. The number of pyridine rings is 1. The van der Waals surface area contributed by atoms with Crippen LogP contribution in [0.25, 0.3) is 11.2 Å². The lowest BCUT2D eigenvalue weighted by molar-refractivity contribution is 0.102. The highest BCUT2D eigenvalue weighted by Gasteiger charge is 2.22.